The van der Waals surface area contributed by atoms with Crippen LogP contribution in [0.15, 0.2) is 131 Å². The van der Waals surface area contributed by atoms with Gasteiger partial charge < -0.3 is 26.2 Å². The molecule has 0 saturated heterocycles. The number of nitrogens with one attached hydrogen (secondary N) is 4. The number of aliphatic hydroxyl groups is 1. The number of sulfonamides is 2. The number of carbonyl (C=O) groups is 2. The van der Waals surface area contributed by atoms with Crippen molar-refractivity contribution in [2.45, 2.75) is 81.3 Å². The Hall–Kier alpha value is -6.18. The van der Waals surface area contributed by atoms with E-state index in [9.17, 15) is 31.5 Å². The third-order valence-corrected chi connectivity index (χ3v) is 14.9. The second-order valence-corrected chi connectivity index (χ2v) is 20.3. The number of guanidine groups is 1. The second-order valence-electron chi connectivity index (χ2n) is 16.0. The van der Waals surface area contributed by atoms with Gasteiger partial charge in [-0.3, -0.25) is 14.6 Å². The predicted octanol–water partition coefficient (Wildman–Crippen LogP) is 5.28. The highest BCUT2D eigenvalue weighted by atomic mass is 32.2. The molecule has 0 aliphatic rings. The summed E-state index contributed by atoms with van der Waals surface area (Å²) in [6.45, 7) is 5.13. The molecule has 348 valence electrons. The summed E-state index contributed by atoms with van der Waals surface area (Å²) in [6, 6.07) is 29.1. The average molecular weight is 954 g/mol. The van der Waals surface area contributed by atoms with Gasteiger partial charge in [-0.15, -0.1) is 11.3 Å². The molecule has 5 aromatic carbocycles. The number of nitrogens with zero attached hydrogens (tertiary/aromatic N) is 2. The highest BCUT2D eigenvalue weighted by Crippen LogP contribution is 2.30. The van der Waals surface area contributed by atoms with Crippen LogP contribution < -0.4 is 30.5 Å². The summed E-state index contributed by atoms with van der Waals surface area (Å²) in [6.07, 6.45) is 0.644. The number of nitrogens with two attached hydrogens (primary N) is 1. The Kier molecular flexibility index (Phi) is 16.7. The first kappa shape index (κ1) is 49.3. The second kappa shape index (κ2) is 22.3. The Bertz CT molecular complexity index is 2860. The number of thiazole rings is 1. The third-order valence-electron chi connectivity index (χ3n) is 11.1. The van der Waals surface area contributed by atoms with Crippen molar-refractivity contribution in [3.8, 4) is 5.75 Å². The molecule has 0 bridgehead atoms. The zero-order chi connectivity index (χ0) is 47.4. The van der Waals surface area contributed by atoms with Gasteiger partial charge in [0.15, 0.2) is 0 Å². The van der Waals surface area contributed by atoms with Crippen molar-refractivity contribution in [1.29, 1.82) is 0 Å². The maximum Gasteiger partial charge on any atom is 0.264 e. The van der Waals surface area contributed by atoms with Gasteiger partial charge >= 0.3 is 0 Å². The van der Waals surface area contributed by atoms with Crippen LogP contribution in [0.1, 0.15) is 57.3 Å². The van der Waals surface area contributed by atoms with Crippen LogP contribution in [0, 0.1) is 20.8 Å². The first-order valence-electron chi connectivity index (χ1n) is 21.2. The lowest BCUT2D eigenvalue weighted by atomic mass is 9.99. The Labute approximate surface area is 390 Å². The summed E-state index contributed by atoms with van der Waals surface area (Å²) in [5.41, 5.74) is 9.68. The van der Waals surface area contributed by atoms with E-state index in [4.69, 9.17) is 10.5 Å². The largest absolute Gasteiger partial charge is 0.496 e. The molecule has 1 heterocycles. The highest BCUT2D eigenvalue weighted by Gasteiger charge is 2.32. The lowest BCUT2D eigenvalue weighted by Gasteiger charge is -2.27. The number of benzene rings is 5. The molecule has 6 aromatic rings. The maximum atomic E-state index is 14.6. The van der Waals surface area contributed by atoms with E-state index in [0.29, 0.717) is 38.6 Å². The molecule has 7 N–H and O–H groups in total. The molecule has 0 saturated carbocycles. The van der Waals surface area contributed by atoms with E-state index >= 15 is 0 Å². The number of fused-ring (bicyclic) bond motifs is 1. The molecule has 0 radical (unpaired) electrons. The van der Waals surface area contributed by atoms with Crippen molar-refractivity contribution in [1.82, 2.24) is 25.1 Å². The summed E-state index contributed by atoms with van der Waals surface area (Å²) in [7, 11) is -6.67. The Balaban J connectivity index is 1.23. The minimum atomic E-state index is -4.12. The number of hydrogen-bond donors (Lipinski definition) is 6. The van der Waals surface area contributed by atoms with Gasteiger partial charge in [-0.05, 0) is 90.3 Å². The monoisotopic (exact) mass is 953 g/mol. The van der Waals surface area contributed by atoms with Gasteiger partial charge in [0.1, 0.15) is 28.9 Å². The van der Waals surface area contributed by atoms with Crippen LogP contribution in [0.4, 0.5) is 0 Å². The Morgan fingerprint density at radius 2 is 1.42 bits per heavy atom. The number of amides is 2. The highest BCUT2D eigenvalue weighted by molar-refractivity contribution is 7.90. The van der Waals surface area contributed by atoms with Gasteiger partial charge in [-0.1, -0.05) is 103 Å². The van der Waals surface area contributed by atoms with Crippen LogP contribution in [0.25, 0.3) is 10.8 Å². The van der Waals surface area contributed by atoms with E-state index in [-0.39, 0.29) is 48.8 Å². The first-order valence-corrected chi connectivity index (χ1v) is 25.3. The van der Waals surface area contributed by atoms with Crippen LogP contribution in [0.2, 0.25) is 0 Å². The molecule has 18 heteroatoms. The number of aliphatic imine (C=N–C) groups is 1. The van der Waals surface area contributed by atoms with Gasteiger partial charge in [-0.25, -0.2) is 31.3 Å². The van der Waals surface area contributed by atoms with E-state index in [0.717, 1.165) is 16.3 Å². The number of rotatable bonds is 21. The number of hydrogen-bond acceptors (Lipinski definition) is 11. The van der Waals surface area contributed by atoms with Gasteiger partial charge in [0, 0.05) is 24.5 Å². The van der Waals surface area contributed by atoms with Crippen LogP contribution >= 0.6 is 11.3 Å². The fraction of sp³-hybridized carbons (Fsp3) is 0.292. The molecule has 2 amide bonds. The molecule has 1 aromatic heterocycles. The van der Waals surface area contributed by atoms with E-state index in [2.05, 4.69) is 30.1 Å². The molecule has 66 heavy (non-hydrogen) atoms. The van der Waals surface area contributed by atoms with Gasteiger partial charge in [-0.2, -0.15) is 0 Å². The van der Waals surface area contributed by atoms with Gasteiger partial charge in [0.05, 0.1) is 23.8 Å². The predicted molar refractivity (Wildman–Crippen MR) is 258 cm³/mol. The summed E-state index contributed by atoms with van der Waals surface area (Å²) >= 11 is 1.19. The molecular formula is C48H55N7O8S3. The van der Waals surface area contributed by atoms with Crippen LogP contribution in [-0.2, 0) is 48.2 Å². The number of aryl methyl sites for hydroxylation is 1. The lowest BCUT2D eigenvalue weighted by molar-refractivity contribution is -0.130. The molecule has 0 fully saturated rings. The Morgan fingerprint density at radius 1 is 0.788 bits per heavy atom. The number of ether oxygens (including phenoxy) is 1. The number of aromatic nitrogens is 1. The van der Waals surface area contributed by atoms with Crippen molar-refractivity contribution in [3.05, 3.63) is 159 Å². The minimum absolute atomic E-state index is 0.00481. The van der Waals surface area contributed by atoms with E-state index in [1.54, 1.807) is 86.8 Å². The standard InChI is InChI=1S/C48H55N7O8S3/c1-31-26-42(63-4)32(2)33(3)44(31)66(61,62)55-48(49)51-23-13-20-39(43(56)47-50-24-25-64-47)52-45(57)40(29-36-21-22-37-18-11-12-19-38(37)27-36)53-46(58)41(28-34-14-7-5-8-15-34)54-65(59,60)30-35-16-9-6-10-17-35/h5-12,14-19,21-22,24-27,39-41,43,54,56H,13,20,23,28-30H2,1-4H3,(H,52,57)(H,53,58)(H3,49,51,55)/t39-,40-,41+,43?/m0/s1. The van der Waals surface area contributed by atoms with Gasteiger partial charge in [0.2, 0.25) is 27.8 Å². The van der Waals surface area contributed by atoms with Crippen molar-refractivity contribution in [3.63, 3.8) is 0 Å². The average Bonchev–Trinajstić information content (AvgIpc) is 3.83. The summed E-state index contributed by atoms with van der Waals surface area (Å²) < 4.78 is 64.4. The third kappa shape index (κ3) is 13.2. The molecule has 0 aliphatic carbocycles. The smallest absolute Gasteiger partial charge is 0.264 e. The fourth-order valence-corrected chi connectivity index (χ4v) is 11.2. The molecule has 0 spiro atoms. The summed E-state index contributed by atoms with van der Waals surface area (Å²) in [4.78, 5) is 37.5. The van der Waals surface area contributed by atoms with E-state index in [1.807, 2.05) is 48.5 Å². The molecular weight excluding hydrogens is 899 g/mol. The number of aliphatic hydroxyl groups excluding tert-OH is 1. The molecule has 4 atom stereocenters. The Morgan fingerprint density at radius 3 is 2.09 bits per heavy atom. The molecule has 15 nitrogen and oxygen atoms in total. The number of methoxy groups -OCH3 is 1. The SMILES string of the molecule is COc1cc(C)c(S(=O)(=O)NC(N)=NCCC[C@H](NC(=O)[C@H](Cc2ccc3ccccc3c2)NC(=O)[C@@H](Cc2ccccc2)NS(=O)(=O)Cc2ccccc2)C(O)c2nccs2)c(C)c1C. The van der Waals surface area contributed by atoms with E-state index in [1.165, 1.54) is 24.6 Å². The van der Waals surface area contributed by atoms with Crippen LogP contribution in [0.3, 0.4) is 0 Å². The fourth-order valence-electron chi connectivity index (χ4n) is 7.70. The minimum Gasteiger partial charge on any atom is -0.496 e. The van der Waals surface area contributed by atoms with Crippen molar-refractivity contribution in [2.75, 3.05) is 13.7 Å². The summed E-state index contributed by atoms with van der Waals surface area (Å²) in [5.74, 6) is -1.52. The van der Waals surface area contributed by atoms with E-state index < -0.39 is 56.1 Å². The normalized spacial score (nSPS) is 13.9. The quantitative estimate of drug-likeness (QED) is 0.0311. The number of carbonyl (C=O) groups excluding carboxylic acids is 2. The van der Waals surface area contributed by atoms with Crippen molar-refractivity contribution in [2.24, 2.45) is 10.7 Å². The van der Waals surface area contributed by atoms with Gasteiger partial charge in [0.25, 0.3) is 10.0 Å². The van der Waals surface area contributed by atoms with Crippen LogP contribution in [-0.4, -0.2) is 76.5 Å². The zero-order valence-corrected chi connectivity index (χ0v) is 39.6. The van der Waals surface area contributed by atoms with Crippen molar-refractivity contribution < 1.29 is 36.3 Å². The maximum absolute atomic E-state index is 14.6. The van der Waals surface area contributed by atoms with Crippen LogP contribution in [0.5, 0.6) is 5.75 Å². The molecule has 0 aliphatic heterocycles. The van der Waals surface area contributed by atoms with Crippen molar-refractivity contribution >= 4 is 59.9 Å². The topological polar surface area (TPSA) is 231 Å². The zero-order valence-electron chi connectivity index (χ0n) is 37.1. The lowest BCUT2D eigenvalue weighted by Crippen LogP contribution is -2.56. The molecule has 1 unspecified atom stereocenters. The molecule has 6 rings (SSSR count). The first-order chi connectivity index (χ1) is 31.5. The summed E-state index contributed by atoms with van der Waals surface area (Å²) in [5, 5.41) is 21.3.